The fraction of sp³-hybridized carbons (Fsp3) is 0.462. The number of halogens is 1. The van der Waals surface area contributed by atoms with E-state index in [9.17, 15) is 4.79 Å². The van der Waals surface area contributed by atoms with Gasteiger partial charge in [-0.15, -0.1) is 0 Å². The van der Waals surface area contributed by atoms with Crippen LogP contribution in [-0.4, -0.2) is 43.7 Å². The van der Waals surface area contributed by atoms with Crippen molar-refractivity contribution in [3.63, 3.8) is 0 Å². The number of nitrogens with zero attached hydrogens (tertiary/aromatic N) is 1. The van der Waals surface area contributed by atoms with E-state index in [0.717, 1.165) is 15.7 Å². The molecular formula is C13H17BrN2O2. The van der Waals surface area contributed by atoms with Gasteiger partial charge in [0.05, 0.1) is 19.8 Å². The second-order valence-electron chi connectivity index (χ2n) is 4.31. The van der Waals surface area contributed by atoms with E-state index >= 15 is 0 Å². The Morgan fingerprint density at radius 3 is 2.89 bits per heavy atom. The summed E-state index contributed by atoms with van der Waals surface area (Å²) in [5.74, 6) is 0.123. The molecule has 4 nitrogen and oxygen atoms in total. The van der Waals surface area contributed by atoms with Gasteiger partial charge < -0.3 is 15.0 Å². The van der Waals surface area contributed by atoms with Gasteiger partial charge in [0.2, 0.25) is 5.91 Å². The van der Waals surface area contributed by atoms with E-state index in [0.29, 0.717) is 32.8 Å². The van der Waals surface area contributed by atoms with Crippen LogP contribution in [0.2, 0.25) is 0 Å². The van der Waals surface area contributed by atoms with Crippen molar-refractivity contribution in [2.45, 2.75) is 6.92 Å². The minimum Gasteiger partial charge on any atom is -0.378 e. The van der Waals surface area contributed by atoms with E-state index in [2.05, 4.69) is 21.2 Å². The molecule has 1 aliphatic rings. The lowest BCUT2D eigenvalue weighted by molar-refractivity contribution is -0.133. The quantitative estimate of drug-likeness (QED) is 0.928. The fourth-order valence-corrected chi connectivity index (χ4v) is 2.24. The first-order chi connectivity index (χ1) is 8.66. The number of carbonyl (C=O) groups is 1. The Morgan fingerprint density at radius 2 is 2.17 bits per heavy atom. The first-order valence-electron chi connectivity index (χ1n) is 6.02. The Morgan fingerprint density at radius 1 is 1.44 bits per heavy atom. The zero-order valence-corrected chi connectivity index (χ0v) is 12.0. The molecule has 1 saturated heterocycles. The number of anilines is 1. The van der Waals surface area contributed by atoms with Crippen molar-refractivity contribution in [3.8, 4) is 0 Å². The van der Waals surface area contributed by atoms with Crippen LogP contribution in [0.1, 0.15) is 5.56 Å². The third-order valence-corrected chi connectivity index (χ3v) is 3.49. The summed E-state index contributed by atoms with van der Waals surface area (Å²) < 4.78 is 6.24. The number of benzene rings is 1. The van der Waals surface area contributed by atoms with Gasteiger partial charge in [-0.1, -0.05) is 22.0 Å². The number of aryl methyl sites for hydroxylation is 1. The third-order valence-electron chi connectivity index (χ3n) is 2.99. The summed E-state index contributed by atoms with van der Waals surface area (Å²) >= 11 is 3.43. The second kappa shape index (κ2) is 6.20. The van der Waals surface area contributed by atoms with E-state index in [1.165, 1.54) is 0 Å². The molecule has 1 aromatic carbocycles. The molecule has 98 valence electrons. The number of hydrogen-bond acceptors (Lipinski definition) is 3. The minimum absolute atomic E-state index is 0.123. The molecule has 0 aromatic heterocycles. The van der Waals surface area contributed by atoms with Crippen molar-refractivity contribution in [2.75, 3.05) is 38.2 Å². The highest BCUT2D eigenvalue weighted by molar-refractivity contribution is 9.10. The highest BCUT2D eigenvalue weighted by Crippen LogP contribution is 2.20. The lowest BCUT2D eigenvalue weighted by atomic mass is 10.2. The van der Waals surface area contributed by atoms with Gasteiger partial charge in [-0.25, -0.2) is 0 Å². The SMILES string of the molecule is Cc1ccc(Br)cc1NCC(=O)N1CCOCC1. The molecule has 1 N–H and O–H groups in total. The average molecular weight is 313 g/mol. The molecule has 0 bridgehead atoms. The zero-order chi connectivity index (χ0) is 13.0. The summed E-state index contributed by atoms with van der Waals surface area (Å²) in [6.45, 7) is 5.02. The van der Waals surface area contributed by atoms with E-state index in [4.69, 9.17) is 4.74 Å². The number of nitrogens with one attached hydrogen (secondary N) is 1. The zero-order valence-electron chi connectivity index (χ0n) is 10.4. The summed E-state index contributed by atoms with van der Waals surface area (Å²) in [6.07, 6.45) is 0. The minimum atomic E-state index is 0.123. The van der Waals surface area contributed by atoms with Gasteiger partial charge in [-0.2, -0.15) is 0 Å². The smallest absolute Gasteiger partial charge is 0.242 e. The van der Waals surface area contributed by atoms with Crippen LogP contribution in [-0.2, 0) is 9.53 Å². The van der Waals surface area contributed by atoms with Crippen molar-refractivity contribution in [1.82, 2.24) is 4.90 Å². The molecule has 0 unspecified atom stereocenters. The van der Waals surface area contributed by atoms with Crippen molar-refractivity contribution >= 4 is 27.5 Å². The van der Waals surface area contributed by atoms with Crippen LogP contribution in [0.25, 0.3) is 0 Å². The molecule has 1 heterocycles. The Hall–Kier alpha value is -1.07. The Labute approximate surface area is 115 Å². The van der Waals surface area contributed by atoms with Crippen molar-refractivity contribution in [1.29, 1.82) is 0 Å². The number of rotatable bonds is 3. The molecule has 1 amide bonds. The monoisotopic (exact) mass is 312 g/mol. The number of morpholine rings is 1. The Bertz CT molecular complexity index is 431. The van der Waals surface area contributed by atoms with Gasteiger partial charge in [0.15, 0.2) is 0 Å². The molecule has 0 radical (unpaired) electrons. The summed E-state index contributed by atoms with van der Waals surface area (Å²) in [6, 6.07) is 6.00. The van der Waals surface area contributed by atoms with Crippen LogP contribution in [0, 0.1) is 6.92 Å². The van der Waals surface area contributed by atoms with Crippen LogP contribution >= 0.6 is 15.9 Å². The molecule has 0 aliphatic carbocycles. The Balaban J connectivity index is 1.90. The Kier molecular flexibility index (Phi) is 4.60. The number of hydrogen-bond donors (Lipinski definition) is 1. The van der Waals surface area contributed by atoms with Gasteiger partial charge in [0.1, 0.15) is 0 Å². The summed E-state index contributed by atoms with van der Waals surface area (Å²) in [5.41, 5.74) is 2.12. The molecule has 1 aromatic rings. The van der Waals surface area contributed by atoms with Gasteiger partial charge in [0.25, 0.3) is 0 Å². The average Bonchev–Trinajstić information content (AvgIpc) is 2.40. The maximum Gasteiger partial charge on any atom is 0.242 e. The summed E-state index contributed by atoms with van der Waals surface area (Å²) in [7, 11) is 0. The molecule has 5 heteroatoms. The van der Waals surface area contributed by atoms with Gasteiger partial charge in [-0.05, 0) is 24.6 Å². The molecule has 2 rings (SSSR count). The highest BCUT2D eigenvalue weighted by Gasteiger charge is 2.16. The topological polar surface area (TPSA) is 41.6 Å². The third kappa shape index (κ3) is 3.46. The van der Waals surface area contributed by atoms with E-state index < -0.39 is 0 Å². The van der Waals surface area contributed by atoms with Crippen LogP contribution in [0.3, 0.4) is 0 Å². The number of carbonyl (C=O) groups excluding carboxylic acids is 1. The van der Waals surface area contributed by atoms with Crippen molar-refractivity contribution in [3.05, 3.63) is 28.2 Å². The molecule has 0 atom stereocenters. The molecule has 18 heavy (non-hydrogen) atoms. The first kappa shape index (κ1) is 13.4. The molecule has 0 saturated carbocycles. The number of amides is 1. The maximum atomic E-state index is 12.0. The summed E-state index contributed by atoms with van der Waals surface area (Å²) in [4.78, 5) is 13.8. The van der Waals surface area contributed by atoms with Crippen LogP contribution < -0.4 is 5.32 Å². The molecule has 1 aliphatic heterocycles. The lowest BCUT2D eigenvalue weighted by Crippen LogP contribution is -2.43. The van der Waals surface area contributed by atoms with E-state index in [-0.39, 0.29) is 5.91 Å². The predicted octanol–water partition coefficient (Wildman–Crippen LogP) is 2.03. The molecule has 1 fully saturated rings. The predicted molar refractivity (Wildman–Crippen MR) is 74.8 cm³/mol. The standard InChI is InChI=1S/C13H17BrN2O2/c1-10-2-3-11(14)8-12(10)15-9-13(17)16-4-6-18-7-5-16/h2-3,8,15H,4-7,9H2,1H3. The molecule has 0 spiro atoms. The van der Waals surface area contributed by atoms with E-state index in [1.807, 2.05) is 30.0 Å². The van der Waals surface area contributed by atoms with Crippen LogP contribution in [0.4, 0.5) is 5.69 Å². The van der Waals surface area contributed by atoms with Gasteiger partial charge in [0, 0.05) is 23.2 Å². The van der Waals surface area contributed by atoms with E-state index in [1.54, 1.807) is 0 Å². The highest BCUT2D eigenvalue weighted by atomic mass is 79.9. The van der Waals surface area contributed by atoms with Gasteiger partial charge >= 0.3 is 0 Å². The maximum absolute atomic E-state index is 12.0. The van der Waals surface area contributed by atoms with Crippen molar-refractivity contribution < 1.29 is 9.53 Å². The normalized spacial score (nSPS) is 15.6. The molecular weight excluding hydrogens is 296 g/mol. The number of ether oxygens (including phenoxy) is 1. The van der Waals surface area contributed by atoms with Crippen molar-refractivity contribution in [2.24, 2.45) is 0 Å². The lowest BCUT2D eigenvalue weighted by Gasteiger charge is -2.27. The largest absolute Gasteiger partial charge is 0.378 e. The fourth-order valence-electron chi connectivity index (χ4n) is 1.88. The first-order valence-corrected chi connectivity index (χ1v) is 6.81. The second-order valence-corrected chi connectivity index (χ2v) is 5.22. The summed E-state index contributed by atoms with van der Waals surface area (Å²) in [5, 5.41) is 3.19. The van der Waals surface area contributed by atoms with Gasteiger partial charge in [-0.3, -0.25) is 4.79 Å². The van der Waals surface area contributed by atoms with Crippen LogP contribution in [0.5, 0.6) is 0 Å². The van der Waals surface area contributed by atoms with Crippen LogP contribution in [0.15, 0.2) is 22.7 Å².